The van der Waals surface area contributed by atoms with Gasteiger partial charge in [-0.15, -0.1) is 0 Å². The van der Waals surface area contributed by atoms with Crippen LogP contribution in [0.15, 0.2) is 18.2 Å². The van der Waals surface area contributed by atoms with Gasteiger partial charge in [0, 0.05) is 11.6 Å². The van der Waals surface area contributed by atoms with Gasteiger partial charge in [0.25, 0.3) is 0 Å². The number of nitrogen functional groups attached to an aromatic ring is 1. The topological polar surface area (TPSA) is 38.0 Å². The SMILES string of the molecule is CCCCCCNc1ccc(Cl)cc1N. The van der Waals surface area contributed by atoms with Gasteiger partial charge >= 0.3 is 0 Å². The Hall–Kier alpha value is -0.890. The number of nitrogens with one attached hydrogen (secondary N) is 1. The van der Waals surface area contributed by atoms with Crippen molar-refractivity contribution >= 4 is 23.0 Å². The summed E-state index contributed by atoms with van der Waals surface area (Å²) in [6.45, 7) is 3.19. The van der Waals surface area contributed by atoms with Crippen LogP contribution in [0.2, 0.25) is 5.02 Å². The van der Waals surface area contributed by atoms with Crippen LogP contribution < -0.4 is 11.1 Å². The Morgan fingerprint density at radius 2 is 2.07 bits per heavy atom. The average Bonchev–Trinajstić information content (AvgIpc) is 2.20. The van der Waals surface area contributed by atoms with Gasteiger partial charge in [-0.25, -0.2) is 0 Å². The molecule has 0 heterocycles. The van der Waals surface area contributed by atoms with E-state index in [1.165, 1.54) is 25.7 Å². The van der Waals surface area contributed by atoms with Crippen molar-refractivity contribution < 1.29 is 0 Å². The quantitative estimate of drug-likeness (QED) is 0.570. The second-order valence-corrected chi connectivity index (χ2v) is 4.16. The molecule has 2 nitrogen and oxygen atoms in total. The van der Waals surface area contributed by atoms with Gasteiger partial charge in [0.1, 0.15) is 0 Å². The number of halogens is 1. The van der Waals surface area contributed by atoms with Crippen LogP contribution in [0.1, 0.15) is 32.6 Å². The molecule has 0 saturated carbocycles. The third-order valence-electron chi connectivity index (χ3n) is 2.36. The van der Waals surface area contributed by atoms with Gasteiger partial charge in [-0.1, -0.05) is 37.8 Å². The largest absolute Gasteiger partial charge is 0.397 e. The van der Waals surface area contributed by atoms with E-state index in [1.807, 2.05) is 12.1 Å². The Kier molecular flexibility index (Phi) is 5.33. The fourth-order valence-corrected chi connectivity index (χ4v) is 1.65. The number of hydrogen-bond acceptors (Lipinski definition) is 2. The molecule has 0 spiro atoms. The van der Waals surface area contributed by atoms with Gasteiger partial charge in [-0.05, 0) is 24.6 Å². The molecule has 0 saturated heterocycles. The third kappa shape index (κ3) is 4.43. The highest BCUT2D eigenvalue weighted by Crippen LogP contribution is 2.22. The first kappa shape index (κ1) is 12.2. The number of anilines is 2. The minimum atomic E-state index is 0.684. The van der Waals surface area contributed by atoms with Crippen LogP contribution >= 0.6 is 11.6 Å². The molecule has 15 heavy (non-hydrogen) atoms. The Labute approximate surface area is 96.8 Å². The maximum atomic E-state index is 5.82. The maximum Gasteiger partial charge on any atom is 0.0574 e. The molecule has 0 amide bonds. The molecule has 1 rings (SSSR count). The van der Waals surface area contributed by atoms with Crippen LogP contribution in [0.5, 0.6) is 0 Å². The van der Waals surface area contributed by atoms with E-state index in [0.29, 0.717) is 5.02 Å². The summed E-state index contributed by atoms with van der Waals surface area (Å²) in [6, 6.07) is 5.56. The van der Waals surface area contributed by atoms with Crippen molar-refractivity contribution in [1.29, 1.82) is 0 Å². The van der Waals surface area contributed by atoms with E-state index in [1.54, 1.807) is 6.07 Å². The molecular weight excluding hydrogens is 208 g/mol. The Balaban J connectivity index is 2.31. The van der Waals surface area contributed by atoms with Gasteiger partial charge in [0.15, 0.2) is 0 Å². The van der Waals surface area contributed by atoms with Crippen molar-refractivity contribution in [1.82, 2.24) is 0 Å². The zero-order valence-corrected chi connectivity index (χ0v) is 9.98. The summed E-state index contributed by atoms with van der Waals surface area (Å²) in [5.74, 6) is 0. The molecule has 0 bridgehead atoms. The summed E-state index contributed by atoms with van der Waals surface area (Å²) in [4.78, 5) is 0. The molecule has 0 aliphatic rings. The highest BCUT2D eigenvalue weighted by molar-refractivity contribution is 6.31. The molecule has 3 N–H and O–H groups in total. The zero-order chi connectivity index (χ0) is 11.1. The molecule has 0 fully saturated rings. The van der Waals surface area contributed by atoms with Gasteiger partial charge in [-0.2, -0.15) is 0 Å². The van der Waals surface area contributed by atoms with Crippen molar-refractivity contribution in [2.24, 2.45) is 0 Å². The van der Waals surface area contributed by atoms with Crippen molar-refractivity contribution in [3.05, 3.63) is 23.2 Å². The Morgan fingerprint density at radius 1 is 1.27 bits per heavy atom. The first-order valence-corrected chi connectivity index (χ1v) is 5.90. The summed E-state index contributed by atoms with van der Waals surface area (Å²) < 4.78 is 0. The normalized spacial score (nSPS) is 10.3. The second-order valence-electron chi connectivity index (χ2n) is 3.72. The summed E-state index contributed by atoms with van der Waals surface area (Å²) in [5, 5.41) is 4.00. The highest BCUT2D eigenvalue weighted by Gasteiger charge is 1.98. The lowest BCUT2D eigenvalue weighted by Gasteiger charge is -2.09. The molecule has 0 aromatic heterocycles. The number of benzene rings is 1. The number of nitrogens with two attached hydrogens (primary N) is 1. The zero-order valence-electron chi connectivity index (χ0n) is 9.22. The summed E-state index contributed by atoms with van der Waals surface area (Å²) in [5.41, 5.74) is 7.52. The molecular formula is C12H19ClN2. The van der Waals surface area contributed by atoms with Crippen LogP contribution in [0, 0.1) is 0 Å². The van der Waals surface area contributed by atoms with Gasteiger partial charge in [0.2, 0.25) is 0 Å². The molecule has 3 heteroatoms. The Bertz CT molecular complexity index is 300. The van der Waals surface area contributed by atoms with Crippen LogP contribution in [-0.4, -0.2) is 6.54 Å². The minimum Gasteiger partial charge on any atom is -0.397 e. The summed E-state index contributed by atoms with van der Waals surface area (Å²) in [7, 11) is 0. The van der Waals surface area contributed by atoms with Crippen molar-refractivity contribution in [2.75, 3.05) is 17.6 Å². The monoisotopic (exact) mass is 226 g/mol. The third-order valence-corrected chi connectivity index (χ3v) is 2.59. The van der Waals surface area contributed by atoms with Crippen LogP contribution in [0.3, 0.4) is 0 Å². The standard InChI is InChI=1S/C12H19ClN2/c1-2-3-4-5-8-15-12-7-6-10(13)9-11(12)14/h6-7,9,15H,2-5,8,14H2,1H3. The number of rotatable bonds is 6. The summed E-state index contributed by atoms with van der Waals surface area (Å²) >= 11 is 5.81. The van der Waals surface area contributed by atoms with E-state index in [0.717, 1.165) is 17.9 Å². The van der Waals surface area contributed by atoms with Crippen molar-refractivity contribution in [3.8, 4) is 0 Å². The molecule has 0 unspecified atom stereocenters. The molecule has 1 aromatic rings. The lowest BCUT2D eigenvalue weighted by Crippen LogP contribution is -2.03. The number of unbranched alkanes of at least 4 members (excludes halogenated alkanes) is 3. The minimum absolute atomic E-state index is 0.684. The lowest BCUT2D eigenvalue weighted by atomic mass is 10.2. The predicted molar refractivity (Wildman–Crippen MR) is 68.5 cm³/mol. The van der Waals surface area contributed by atoms with Gasteiger partial charge in [-0.3, -0.25) is 0 Å². The predicted octanol–water partition coefficient (Wildman–Crippen LogP) is 3.91. The van der Waals surface area contributed by atoms with E-state index in [9.17, 15) is 0 Å². The molecule has 0 radical (unpaired) electrons. The molecule has 0 aliphatic heterocycles. The van der Waals surface area contributed by atoms with Crippen molar-refractivity contribution in [3.63, 3.8) is 0 Å². The van der Waals surface area contributed by atoms with E-state index in [4.69, 9.17) is 17.3 Å². The smallest absolute Gasteiger partial charge is 0.0574 e. The van der Waals surface area contributed by atoms with Crippen molar-refractivity contribution in [2.45, 2.75) is 32.6 Å². The van der Waals surface area contributed by atoms with Crippen LogP contribution in [0.25, 0.3) is 0 Å². The summed E-state index contributed by atoms with van der Waals surface area (Å²) in [6.07, 6.45) is 5.04. The van der Waals surface area contributed by atoms with E-state index in [-0.39, 0.29) is 0 Å². The molecule has 1 aromatic carbocycles. The fourth-order valence-electron chi connectivity index (χ4n) is 1.47. The second kappa shape index (κ2) is 6.57. The molecule has 0 atom stereocenters. The van der Waals surface area contributed by atoms with Gasteiger partial charge < -0.3 is 11.1 Å². The first-order valence-electron chi connectivity index (χ1n) is 5.53. The molecule has 84 valence electrons. The fraction of sp³-hybridized carbons (Fsp3) is 0.500. The number of hydrogen-bond donors (Lipinski definition) is 2. The highest BCUT2D eigenvalue weighted by atomic mass is 35.5. The molecule has 0 aliphatic carbocycles. The Morgan fingerprint density at radius 3 is 2.73 bits per heavy atom. The first-order chi connectivity index (χ1) is 7.24. The maximum absolute atomic E-state index is 5.82. The van der Waals surface area contributed by atoms with Crippen LogP contribution in [-0.2, 0) is 0 Å². The van der Waals surface area contributed by atoms with E-state index in [2.05, 4.69) is 12.2 Å². The van der Waals surface area contributed by atoms with Crippen LogP contribution in [0.4, 0.5) is 11.4 Å². The van der Waals surface area contributed by atoms with E-state index >= 15 is 0 Å². The van der Waals surface area contributed by atoms with E-state index < -0.39 is 0 Å². The lowest BCUT2D eigenvalue weighted by molar-refractivity contribution is 0.685. The van der Waals surface area contributed by atoms with Gasteiger partial charge in [0.05, 0.1) is 11.4 Å². The average molecular weight is 227 g/mol.